The van der Waals surface area contributed by atoms with Gasteiger partial charge in [0, 0.05) is 19.6 Å². The fraction of sp³-hybridized carbons (Fsp3) is 1.00. The number of sulfonamides is 1. The third kappa shape index (κ3) is 4.45. The van der Waals surface area contributed by atoms with Gasteiger partial charge in [0.1, 0.15) is 0 Å². The molecule has 2 rings (SSSR count). The van der Waals surface area contributed by atoms with Gasteiger partial charge in [0.15, 0.2) is 0 Å². The molecular formula is C17H34N2O2S. The van der Waals surface area contributed by atoms with Crippen molar-refractivity contribution in [3.63, 3.8) is 0 Å². The molecule has 0 amide bonds. The maximum Gasteiger partial charge on any atom is 0.216 e. The molecule has 0 aromatic rings. The van der Waals surface area contributed by atoms with Gasteiger partial charge in [0.25, 0.3) is 0 Å². The van der Waals surface area contributed by atoms with Crippen molar-refractivity contribution in [2.24, 2.45) is 17.8 Å². The Hall–Kier alpha value is -0.130. The molecule has 2 fully saturated rings. The molecule has 0 aromatic carbocycles. The van der Waals surface area contributed by atoms with Gasteiger partial charge in [-0.25, -0.2) is 12.7 Å². The van der Waals surface area contributed by atoms with Crippen LogP contribution in [0.2, 0.25) is 0 Å². The van der Waals surface area contributed by atoms with Crippen molar-refractivity contribution in [2.75, 3.05) is 32.7 Å². The summed E-state index contributed by atoms with van der Waals surface area (Å²) in [6.07, 6.45) is 4.71. The molecule has 22 heavy (non-hydrogen) atoms. The summed E-state index contributed by atoms with van der Waals surface area (Å²) in [5.41, 5.74) is 0. The van der Waals surface area contributed by atoms with Crippen LogP contribution in [-0.4, -0.2) is 55.6 Å². The monoisotopic (exact) mass is 330 g/mol. The van der Waals surface area contributed by atoms with Gasteiger partial charge in [-0.15, -0.1) is 0 Å². The Balaban J connectivity index is 1.75. The van der Waals surface area contributed by atoms with Crippen molar-refractivity contribution in [2.45, 2.75) is 58.6 Å². The van der Waals surface area contributed by atoms with Crippen LogP contribution in [0.5, 0.6) is 0 Å². The normalized spacial score (nSPS) is 24.5. The largest absolute Gasteiger partial charge is 0.303 e. The highest BCUT2D eigenvalue weighted by molar-refractivity contribution is 7.89. The maximum atomic E-state index is 12.2. The predicted molar refractivity (Wildman–Crippen MR) is 92.4 cm³/mol. The molecular weight excluding hydrogens is 296 g/mol. The zero-order chi connectivity index (χ0) is 16.3. The van der Waals surface area contributed by atoms with Crippen LogP contribution in [0.25, 0.3) is 0 Å². The highest BCUT2D eigenvalue weighted by Gasteiger charge is 2.31. The SMILES string of the molecule is CC(C)C1CCN(CC2CCN(S(=O)(=O)C(C)C)CC2)CC1. The molecule has 0 saturated carbocycles. The van der Waals surface area contributed by atoms with E-state index in [0.717, 1.165) is 24.7 Å². The minimum Gasteiger partial charge on any atom is -0.303 e. The van der Waals surface area contributed by atoms with Crippen LogP contribution >= 0.6 is 0 Å². The quantitative estimate of drug-likeness (QED) is 0.778. The van der Waals surface area contributed by atoms with Crippen molar-refractivity contribution in [3.8, 4) is 0 Å². The highest BCUT2D eigenvalue weighted by atomic mass is 32.2. The fourth-order valence-electron chi connectivity index (χ4n) is 3.81. The summed E-state index contributed by atoms with van der Waals surface area (Å²) in [7, 11) is -3.05. The lowest BCUT2D eigenvalue weighted by Gasteiger charge is -2.38. The summed E-state index contributed by atoms with van der Waals surface area (Å²) in [6.45, 7) is 13.3. The van der Waals surface area contributed by atoms with E-state index in [1.165, 1.54) is 32.5 Å². The van der Waals surface area contributed by atoms with Crippen molar-refractivity contribution in [3.05, 3.63) is 0 Å². The van der Waals surface area contributed by atoms with Crippen LogP contribution in [-0.2, 0) is 10.0 Å². The first-order valence-electron chi connectivity index (χ1n) is 9.02. The second-order valence-electron chi connectivity index (χ2n) is 7.82. The first-order valence-corrected chi connectivity index (χ1v) is 10.5. The van der Waals surface area contributed by atoms with Crippen LogP contribution in [0.4, 0.5) is 0 Å². The van der Waals surface area contributed by atoms with Crippen molar-refractivity contribution < 1.29 is 8.42 Å². The second-order valence-corrected chi connectivity index (χ2v) is 10.3. The average Bonchev–Trinajstić information content (AvgIpc) is 2.48. The molecule has 2 aliphatic rings. The van der Waals surface area contributed by atoms with Gasteiger partial charge >= 0.3 is 0 Å². The van der Waals surface area contributed by atoms with Crippen molar-refractivity contribution in [1.82, 2.24) is 9.21 Å². The lowest BCUT2D eigenvalue weighted by atomic mass is 9.86. The number of nitrogens with zero attached hydrogens (tertiary/aromatic N) is 2. The van der Waals surface area contributed by atoms with E-state index < -0.39 is 10.0 Å². The molecule has 0 aliphatic carbocycles. The smallest absolute Gasteiger partial charge is 0.216 e. The third-order valence-corrected chi connectivity index (χ3v) is 7.90. The number of piperidine rings is 2. The Kier molecular flexibility index (Phi) is 6.31. The number of likely N-dealkylation sites (tertiary alicyclic amines) is 1. The lowest BCUT2D eigenvalue weighted by Crippen LogP contribution is -2.45. The summed E-state index contributed by atoms with van der Waals surface area (Å²) >= 11 is 0. The zero-order valence-electron chi connectivity index (χ0n) is 14.8. The van der Waals surface area contributed by atoms with E-state index in [1.54, 1.807) is 18.2 Å². The zero-order valence-corrected chi connectivity index (χ0v) is 15.6. The third-order valence-electron chi connectivity index (χ3n) is 5.62. The molecule has 0 unspecified atom stereocenters. The topological polar surface area (TPSA) is 40.6 Å². The molecule has 5 heteroatoms. The Morgan fingerprint density at radius 3 is 1.91 bits per heavy atom. The molecule has 0 N–H and O–H groups in total. The van der Waals surface area contributed by atoms with Crippen molar-refractivity contribution >= 4 is 10.0 Å². The molecule has 2 heterocycles. The number of rotatable bonds is 5. The average molecular weight is 331 g/mol. The first-order chi connectivity index (χ1) is 10.3. The van der Waals surface area contributed by atoms with E-state index in [2.05, 4.69) is 18.7 Å². The number of hydrogen-bond acceptors (Lipinski definition) is 3. The van der Waals surface area contributed by atoms with Gasteiger partial charge in [-0.05, 0) is 70.4 Å². The van der Waals surface area contributed by atoms with Crippen LogP contribution in [0, 0.1) is 17.8 Å². The van der Waals surface area contributed by atoms with E-state index in [-0.39, 0.29) is 5.25 Å². The molecule has 130 valence electrons. The molecule has 2 saturated heterocycles. The predicted octanol–water partition coefficient (Wildman–Crippen LogP) is 2.80. The lowest BCUT2D eigenvalue weighted by molar-refractivity contribution is 0.122. The first kappa shape index (κ1) is 18.2. The van der Waals surface area contributed by atoms with Gasteiger partial charge in [-0.1, -0.05) is 13.8 Å². The van der Waals surface area contributed by atoms with E-state index in [1.807, 2.05) is 0 Å². The Morgan fingerprint density at radius 1 is 0.909 bits per heavy atom. The molecule has 0 aromatic heterocycles. The van der Waals surface area contributed by atoms with Gasteiger partial charge < -0.3 is 4.90 Å². The Bertz CT molecular complexity index is 432. The van der Waals surface area contributed by atoms with Crippen LogP contribution in [0.1, 0.15) is 53.4 Å². The van der Waals surface area contributed by atoms with E-state index in [0.29, 0.717) is 19.0 Å². The Labute approximate surface area is 137 Å². The summed E-state index contributed by atoms with van der Waals surface area (Å²) in [5, 5.41) is -0.292. The molecule has 2 aliphatic heterocycles. The standard InChI is InChI=1S/C17H34N2O2S/c1-14(2)17-7-9-18(10-8-17)13-16-5-11-19(12-6-16)22(20,21)15(3)4/h14-17H,5-13H2,1-4H3. The molecule has 0 bridgehead atoms. The summed E-state index contributed by atoms with van der Waals surface area (Å²) in [6, 6.07) is 0. The van der Waals surface area contributed by atoms with Crippen LogP contribution < -0.4 is 0 Å². The van der Waals surface area contributed by atoms with Gasteiger partial charge in [0.2, 0.25) is 10.0 Å². The summed E-state index contributed by atoms with van der Waals surface area (Å²) in [4.78, 5) is 2.61. The van der Waals surface area contributed by atoms with Crippen LogP contribution in [0.3, 0.4) is 0 Å². The van der Waals surface area contributed by atoms with Crippen molar-refractivity contribution in [1.29, 1.82) is 0 Å². The molecule has 0 spiro atoms. The highest BCUT2D eigenvalue weighted by Crippen LogP contribution is 2.27. The van der Waals surface area contributed by atoms with E-state index >= 15 is 0 Å². The van der Waals surface area contributed by atoms with E-state index in [4.69, 9.17) is 0 Å². The van der Waals surface area contributed by atoms with Gasteiger partial charge in [-0.3, -0.25) is 0 Å². The molecule has 4 nitrogen and oxygen atoms in total. The van der Waals surface area contributed by atoms with E-state index in [9.17, 15) is 8.42 Å². The minimum atomic E-state index is -3.05. The molecule has 0 atom stereocenters. The maximum absolute atomic E-state index is 12.2. The van der Waals surface area contributed by atoms with Gasteiger partial charge in [-0.2, -0.15) is 0 Å². The van der Waals surface area contributed by atoms with Gasteiger partial charge in [0.05, 0.1) is 5.25 Å². The fourth-order valence-corrected chi connectivity index (χ4v) is 5.13. The summed E-state index contributed by atoms with van der Waals surface area (Å²) < 4.78 is 26.1. The second kappa shape index (κ2) is 7.63. The molecule has 0 radical (unpaired) electrons. The minimum absolute atomic E-state index is 0.292. The summed E-state index contributed by atoms with van der Waals surface area (Å²) in [5.74, 6) is 2.38. The van der Waals surface area contributed by atoms with Crippen LogP contribution in [0.15, 0.2) is 0 Å². The Morgan fingerprint density at radius 2 is 1.45 bits per heavy atom. The number of hydrogen-bond donors (Lipinski definition) is 0.